The van der Waals surface area contributed by atoms with Crippen molar-refractivity contribution in [3.05, 3.63) is 30.1 Å². The molecule has 0 amide bonds. The number of hydrogen-bond acceptors (Lipinski definition) is 4. The lowest BCUT2D eigenvalue weighted by Gasteiger charge is -2.15. The standard InChI is InChI=1S/C13H17N5/c1-10-6-7-12(15-11-4-2-3-5-11)8-13(10)18-9-14-16-17-18/h6-9,11,15H,2-5H2,1H3. The number of hydrogen-bond donors (Lipinski definition) is 1. The van der Waals surface area contributed by atoms with E-state index in [9.17, 15) is 0 Å². The van der Waals surface area contributed by atoms with Gasteiger partial charge in [0.25, 0.3) is 0 Å². The van der Waals surface area contributed by atoms with Gasteiger partial charge in [0.2, 0.25) is 0 Å². The number of aryl methyl sites for hydroxylation is 1. The maximum absolute atomic E-state index is 3.95. The van der Waals surface area contributed by atoms with E-state index in [-0.39, 0.29) is 0 Å². The Balaban J connectivity index is 1.86. The molecule has 1 fully saturated rings. The lowest BCUT2D eigenvalue weighted by Crippen LogP contribution is -2.14. The Hall–Kier alpha value is -1.91. The predicted octanol–water partition coefficient (Wildman–Crippen LogP) is 2.33. The molecule has 1 aliphatic carbocycles. The number of anilines is 1. The van der Waals surface area contributed by atoms with E-state index in [1.165, 1.54) is 31.2 Å². The zero-order valence-electron chi connectivity index (χ0n) is 10.5. The lowest BCUT2D eigenvalue weighted by atomic mass is 10.1. The van der Waals surface area contributed by atoms with Gasteiger partial charge in [-0.1, -0.05) is 18.9 Å². The average molecular weight is 243 g/mol. The fourth-order valence-corrected chi connectivity index (χ4v) is 2.52. The number of nitrogens with zero attached hydrogens (tertiary/aromatic N) is 4. The quantitative estimate of drug-likeness (QED) is 0.899. The van der Waals surface area contributed by atoms with Crippen LogP contribution in [0.5, 0.6) is 0 Å². The maximum atomic E-state index is 3.95. The fourth-order valence-electron chi connectivity index (χ4n) is 2.52. The maximum Gasteiger partial charge on any atom is 0.143 e. The van der Waals surface area contributed by atoms with E-state index in [2.05, 4.69) is 46.0 Å². The minimum absolute atomic E-state index is 0.620. The minimum Gasteiger partial charge on any atom is -0.382 e. The van der Waals surface area contributed by atoms with E-state index in [0.29, 0.717) is 6.04 Å². The van der Waals surface area contributed by atoms with Gasteiger partial charge in [0.05, 0.1) is 5.69 Å². The molecule has 1 heterocycles. The molecule has 18 heavy (non-hydrogen) atoms. The number of tetrazole rings is 1. The highest BCUT2D eigenvalue weighted by Gasteiger charge is 2.15. The van der Waals surface area contributed by atoms with Gasteiger partial charge in [-0.2, -0.15) is 0 Å². The van der Waals surface area contributed by atoms with Gasteiger partial charge in [0, 0.05) is 11.7 Å². The highest BCUT2D eigenvalue weighted by molar-refractivity contribution is 5.55. The Labute approximate surface area is 106 Å². The SMILES string of the molecule is Cc1ccc(NC2CCCC2)cc1-n1cnnn1. The van der Waals surface area contributed by atoms with Crippen molar-refractivity contribution in [2.24, 2.45) is 0 Å². The Morgan fingerprint density at radius 1 is 1.28 bits per heavy atom. The molecule has 1 saturated carbocycles. The van der Waals surface area contributed by atoms with Crippen LogP contribution in [0.4, 0.5) is 5.69 Å². The highest BCUT2D eigenvalue weighted by atomic mass is 15.5. The van der Waals surface area contributed by atoms with Crippen molar-refractivity contribution in [3.8, 4) is 5.69 Å². The van der Waals surface area contributed by atoms with E-state index < -0.39 is 0 Å². The normalized spacial score (nSPS) is 16.1. The van der Waals surface area contributed by atoms with E-state index in [4.69, 9.17) is 0 Å². The van der Waals surface area contributed by atoms with Gasteiger partial charge in [0.1, 0.15) is 6.33 Å². The molecular formula is C13H17N5. The van der Waals surface area contributed by atoms with E-state index in [0.717, 1.165) is 11.4 Å². The zero-order valence-corrected chi connectivity index (χ0v) is 10.5. The van der Waals surface area contributed by atoms with Crippen molar-refractivity contribution >= 4 is 5.69 Å². The largest absolute Gasteiger partial charge is 0.382 e. The smallest absolute Gasteiger partial charge is 0.143 e. The fraction of sp³-hybridized carbons (Fsp3) is 0.462. The summed E-state index contributed by atoms with van der Waals surface area (Å²) in [7, 11) is 0. The molecule has 3 rings (SSSR count). The van der Waals surface area contributed by atoms with Crippen LogP contribution >= 0.6 is 0 Å². The van der Waals surface area contributed by atoms with Crippen molar-refractivity contribution < 1.29 is 0 Å². The Kier molecular flexibility index (Phi) is 2.96. The van der Waals surface area contributed by atoms with Crippen LogP contribution in [-0.4, -0.2) is 26.2 Å². The van der Waals surface area contributed by atoms with Gasteiger partial charge < -0.3 is 5.32 Å². The summed E-state index contributed by atoms with van der Waals surface area (Å²) in [5.74, 6) is 0. The third kappa shape index (κ3) is 2.20. The molecule has 1 aromatic heterocycles. The minimum atomic E-state index is 0.620. The summed E-state index contributed by atoms with van der Waals surface area (Å²) in [5.41, 5.74) is 3.35. The number of rotatable bonds is 3. The van der Waals surface area contributed by atoms with Crippen LogP contribution in [0.3, 0.4) is 0 Å². The second-order valence-electron chi connectivity index (χ2n) is 4.88. The van der Waals surface area contributed by atoms with Crippen LogP contribution < -0.4 is 5.32 Å². The highest BCUT2D eigenvalue weighted by Crippen LogP contribution is 2.24. The average Bonchev–Trinajstić information content (AvgIpc) is 3.04. The second-order valence-corrected chi connectivity index (χ2v) is 4.88. The van der Waals surface area contributed by atoms with Crippen molar-refractivity contribution in [1.29, 1.82) is 0 Å². The summed E-state index contributed by atoms with van der Waals surface area (Å²) < 4.78 is 1.70. The molecule has 94 valence electrons. The van der Waals surface area contributed by atoms with Crippen molar-refractivity contribution in [3.63, 3.8) is 0 Å². The molecule has 0 aliphatic heterocycles. The van der Waals surface area contributed by atoms with Gasteiger partial charge in [0.15, 0.2) is 0 Å². The van der Waals surface area contributed by atoms with E-state index in [1.54, 1.807) is 11.0 Å². The van der Waals surface area contributed by atoms with E-state index in [1.807, 2.05) is 0 Å². The molecule has 0 spiro atoms. The van der Waals surface area contributed by atoms with E-state index >= 15 is 0 Å². The van der Waals surface area contributed by atoms with Crippen LogP contribution in [0.1, 0.15) is 31.2 Å². The van der Waals surface area contributed by atoms with Crippen LogP contribution in [0.2, 0.25) is 0 Å². The lowest BCUT2D eigenvalue weighted by molar-refractivity contribution is 0.753. The Bertz CT molecular complexity index is 514. The second kappa shape index (κ2) is 4.76. The molecule has 0 atom stereocenters. The van der Waals surface area contributed by atoms with Gasteiger partial charge in [-0.05, 0) is 47.9 Å². The monoisotopic (exact) mass is 243 g/mol. The summed E-state index contributed by atoms with van der Waals surface area (Å²) in [5, 5.41) is 14.9. The summed E-state index contributed by atoms with van der Waals surface area (Å²) in [4.78, 5) is 0. The molecule has 0 unspecified atom stereocenters. The number of nitrogens with one attached hydrogen (secondary N) is 1. The zero-order chi connectivity index (χ0) is 12.4. The van der Waals surface area contributed by atoms with Crippen molar-refractivity contribution in [1.82, 2.24) is 20.2 Å². The first-order valence-corrected chi connectivity index (χ1v) is 6.43. The summed E-state index contributed by atoms with van der Waals surface area (Å²) >= 11 is 0. The van der Waals surface area contributed by atoms with Gasteiger partial charge in [-0.15, -0.1) is 5.10 Å². The molecule has 1 N–H and O–H groups in total. The van der Waals surface area contributed by atoms with Crippen LogP contribution in [-0.2, 0) is 0 Å². The molecule has 0 bridgehead atoms. The first-order chi connectivity index (χ1) is 8.83. The van der Waals surface area contributed by atoms with Crippen LogP contribution in [0.25, 0.3) is 5.69 Å². The molecule has 5 heteroatoms. The molecule has 0 radical (unpaired) electrons. The summed E-state index contributed by atoms with van der Waals surface area (Å²) in [6, 6.07) is 6.97. The molecule has 1 aromatic carbocycles. The number of aromatic nitrogens is 4. The summed E-state index contributed by atoms with van der Waals surface area (Å²) in [6.45, 7) is 2.07. The third-order valence-corrected chi connectivity index (χ3v) is 3.53. The predicted molar refractivity (Wildman–Crippen MR) is 69.8 cm³/mol. The Morgan fingerprint density at radius 3 is 2.83 bits per heavy atom. The number of benzene rings is 1. The molecule has 2 aromatic rings. The first kappa shape index (κ1) is 11.2. The third-order valence-electron chi connectivity index (χ3n) is 3.53. The van der Waals surface area contributed by atoms with Gasteiger partial charge in [-0.3, -0.25) is 0 Å². The topological polar surface area (TPSA) is 55.6 Å². The van der Waals surface area contributed by atoms with Gasteiger partial charge >= 0.3 is 0 Å². The molecular weight excluding hydrogens is 226 g/mol. The molecule has 5 nitrogen and oxygen atoms in total. The first-order valence-electron chi connectivity index (χ1n) is 6.43. The summed E-state index contributed by atoms with van der Waals surface area (Å²) in [6.07, 6.45) is 6.84. The van der Waals surface area contributed by atoms with Gasteiger partial charge in [-0.25, -0.2) is 4.68 Å². The van der Waals surface area contributed by atoms with Crippen LogP contribution in [0, 0.1) is 6.92 Å². The molecule has 1 aliphatic rings. The van der Waals surface area contributed by atoms with Crippen LogP contribution in [0.15, 0.2) is 24.5 Å². The van der Waals surface area contributed by atoms with Crippen molar-refractivity contribution in [2.45, 2.75) is 38.6 Å². The molecule has 0 saturated heterocycles. The van der Waals surface area contributed by atoms with Crippen molar-refractivity contribution in [2.75, 3.05) is 5.32 Å². The Morgan fingerprint density at radius 2 is 2.11 bits per heavy atom.